The number of hydrogen-bond acceptors (Lipinski definition) is 5. The zero-order valence-corrected chi connectivity index (χ0v) is 15.2. The normalized spacial score (nSPS) is 16.3. The largest absolute Gasteiger partial charge is 0.376 e. The van der Waals surface area contributed by atoms with Gasteiger partial charge in [0.1, 0.15) is 0 Å². The van der Waals surface area contributed by atoms with E-state index in [1.807, 2.05) is 35.0 Å². The van der Waals surface area contributed by atoms with E-state index >= 15 is 0 Å². The number of carbonyl (C=O) groups is 1. The van der Waals surface area contributed by atoms with E-state index in [1.54, 1.807) is 6.20 Å². The van der Waals surface area contributed by atoms with Crippen LogP contribution in [0.2, 0.25) is 0 Å². The molecule has 2 N–H and O–H groups in total. The Bertz CT molecular complexity index is 682. The lowest BCUT2D eigenvalue weighted by molar-refractivity contribution is 0.0841. The van der Waals surface area contributed by atoms with Crippen LogP contribution in [0.1, 0.15) is 41.9 Å². The predicted molar refractivity (Wildman–Crippen MR) is 98.8 cm³/mol. The Labute approximate surface area is 154 Å². The van der Waals surface area contributed by atoms with E-state index in [1.165, 1.54) is 0 Å². The molecule has 0 bridgehead atoms. The number of ether oxygens (including phenoxy) is 1. The van der Waals surface area contributed by atoms with E-state index < -0.39 is 0 Å². The molecule has 2 heterocycles. The number of piperidine rings is 1. The van der Waals surface area contributed by atoms with Crippen LogP contribution in [0.5, 0.6) is 0 Å². The molecule has 1 unspecified atom stereocenters. The fraction of sp³-hybridized carbons (Fsp3) is 0.526. The number of rotatable bonds is 8. The third-order valence-electron chi connectivity index (χ3n) is 4.55. The molecule has 1 amide bonds. The van der Waals surface area contributed by atoms with Gasteiger partial charge in [0.25, 0.3) is 5.91 Å². The minimum Gasteiger partial charge on any atom is -0.376 e. The highest BCUT2D eigenvalue weighted by molar-refractivity contribution is 5.91. The average Bonchev–Trinajstić information content (AvgIpc) is 3.18. The van der Waals surface area contributed by atoms with E-state index in [2.05, 4.69) is 27.9 Å². The summed E-state index contributed by atoms with van der Waals surface area (Å²) in [7, 11) is 0. The molecular weight excluding hydrogens is 330 g/mol. The molecule has 1 saturated heterocycles. The topological polar surface area (TPSA) is 81.1 Å². The first-order valence-corrected chi connectivity index (χ1v) is 9.25. The second kappa shape index (κ2) is 9.45. The van der Waals surface area contributed by atoms with Gasteiger partial charge in [0, 0.05) is 6.54 Å². The smallest absolute Gasteiger partial charge is 0.273 e. The third kappa shape index (κ3) is 5.37. The van der Waals surface area contributed by atoms with E-state index in [-0.39, 0.29) is 11.8 Å². The first-order chi connectivity index (χ1) is 12.7. The van der Waals surface area contributed by atoms with Crippen LogP contribution in [-0.4, -0.2) is 47.1 Å². The Morgan fingerprint density at radius 2 is 2.12 bits per heavy atom. The van der Waals surface area contributed by atoms with Crippen molar-refractivity contribution >= 4 is 5.91 Å². The molecule has 2 aromatic rings. The molecule has 1 atom stereocenters. The Morgan fingerprint density at radius 3 is 2.88 bits per heavy atom. The summed E-state index contributed by atoms with van der Waals surface area (Å²) in [6.07, 6.45) is 3.78. The van der Waals surface area contributed by atoms with E-state index in [0.717, 1.165) is 31.5 Å². The van der Waals surface area contributed by atoms with Gasteiger partial charge in [-0.3, -0.25) is 4.79 Å². The van der Waals surface area contributed by atoms with Crippen molar-refractivity contribution in [1.82, 2.24) is 25.6 Å². The van der Waals surface area contributed by atoms with Gasteiger partial charge in [-0.05, 0) is 37.4 Å². The summed E-state index contributed by atoms with van der Waals surface area (Å²) in [6, 6.07) is 10.4. The van der Waals surface area contributed by atoms with Crippen LogP contribution in [0.3, 0.4) is 0 Å². The van der Waals surface area contributed by atoms with Gasteiger partial charge in [-0.1, -0.05) is 42.5 Å². The molecule has 0 saturated carbocycles. The number of aromatic nitrogens is 3. The van der Waals surface area contributed by atoms with E-state index in [9.17, 15) is 4.79 Å². The Balaban J connectivity index is 1.38. The number of benzene rings is 1. The molecule has 1 aliphatic heterocycles. The molecule has 1 aromatic carbocycles. The van der Waals surface area contributed by atoms with Gasteiger partial charge in [-0.2, -0.15) is 0 Å². The standard InChI is InChI=1S/C19H27N5O2/c1-15(13-26-14-16-5-3-2-4-6-16)11-21-19(25)18-12-24(23-22-18)17-7-9-20-10-8-17/h2-6,12,15,17,20H,7-11,13-14H2,1H3,(H,21,25). The fourth-order valence-corrected chi connectivity index (χ4v) is 3.00. The fourth-order valence-electron chi connectivity index (χ4n) is 3.00. The minimum absolute atomic E-state index is 0.180. The SMILES string of the molecule is CC(CNC(=O)c1cn(C2CCNCC2)nn1)COCc1ccccc1. The average molecular weight is 357 g/mol. The summed E-state index contributed by atoms with van der Waals surface area (Å²) < 4.78 is 7.54. The Morgan fingerprint density at radius 1 is 1.35 bits per heavy atom. The van der Waals surface area contributed by atoms with Gasteiger partial charge in [-0.25, -0.2) is 4.68 Å². The van der Waals surface area contributed by atoms with Gasteiger partial charge in [-0.15, -0.1) is 5.10 Å². The highest BCUT2D eigenvalue weighted by atomic mass is 16.5. The lowest BCUT2D eigenvalue weighted by Gasteiger charge is -2.22. The zero-order chi connectivity index (χ0) is 18.2. The monoisotopic (exact) mass is 357 g/mol. The van der Waals surface area contributed by atoms with Gasteiger partial charge < -0.3 is 15.4 Å². The Hall–Kier alpha value is -2.25. The van der Waals surface area contributed by atoms with Crippen LogP contribution in [0.15, 0.2) is 36.5 Å². The van der Waals surface area contributed by atoms with E-state index in [0.29, 0.717) is 31.5 Å². The van der Waals surface area contributed by atoms with Crippen molar-refractivity contribution in [3.05, 3.63) is 47.8 Å². The summed E-state index contributed by atoms with van der Waals surface area (Å²) in [4.78, 5) is 12.3. The van der Waals surface area contributed by atoms with Crippen molar-refractivity contribution < 1.29 is 9.53 Å². The Kier molecular flexibility index (Phi) is 6.74. The quantitative estimate of drug-likeness (QED) is 0.753. The van der Waals surface area contributed by atoms with Gasteiger partial charge in [0.2, 0.25) is 0 Å². The van der Waals surface area contributed by atoms with Crippen molar-refractivity contribution in [2.75, 3.05) is 26.2 Å². The van der Waals surface area contributed by atoms with Crippen molar-refractivity contribution in [1.29, 1.82) is 0 Å². The van der Waals surface area contributed by atoms with Gasteiger partial charge >= 0.3 is 0 Å². The molecule has 1 aliphatic rings. The number of nitrogens with one attached hydrogen (secondary N) is 2. The van der Waals surface area contributed by atoms with Crippen molar-refractivity contribution in [3.63, 3.8) is 0 Å². The summed E-state index contributed by atoms with van der Waals surface area (Å²) in [5.74, 6) is 0.0437. The summed E-state index contributed by atoms with van der Waals surface area (Å²) in [6.45, 7) is 5.74. The second-order valence-electron chi connectivity index (χ2n) is 6.88. The third-order valence-corrected chi connectivity index (χ3v) is 4.55. The molecule has 7 nitrogen and oxygen atoms in total. The van der Waals surface area contributed by atoms with Crippen LogP contribution in [0, 0.1) is 5.92 Å². The number of hydrogen-bond donors (Lipinski definition) is 2. The summed E-state index contributed by atoms with van der Waals surface area (Å²) in [5, 5.41) is 14.4. The zero-order valence-electron chi connectivity index (χ0n) is 15.2. The lowest BCUT2D eigenvalue weighted by atomic mass is 10.1. The van der Waals surface area contributed by atoms with Crippen LogP contribution in [0.25, 0.3) is 0 Å². The maximum absolute atomic E-state index is 12.3. The summed E-state index contributed by atoms with van der Waals surface area (Å²) >= 11 is 0. The second-order valence-corrected chi connectivity index (χ2v) is 6.88. The van der Waals surface area contributed by atoms with Crippen LogP contribution < -0.4 is 10.6 Å². The molecule has 7 heteroatoms. The van der Waals surface area contributed by atoms with E-state index in [4.69, 9.17) is 4.74 Å². The molecule has 0 radical (unpaired) electrons. The molecule has 0 aliphatic carbocycles. The van der Waals surface area contributed by atoms with Gasteiger partial charge in [0.05, 0.1) is 25.5 Å². The van der Waals surface area contributed by atoms with Crippen molar-refractivity contribution in [2.45, 2.75) is 32.4 Å². The molecule has 1 aromatic heterocycles. The maximum Gasteiger partial charge on any atom is 0.273 e. The number of carbonyl (C=O) groups excluding carboxylic acids is 1. The molecule has 3 rings (SSSR count). The predicted octanol–water partition coefficient (Wildman–Crippen LogP) is 1.79. The minimum atomic E-state index is -0.180. The maximum atomic E-state index is 12.3. The van der Waals surface area contributed by atoms with Crippen LogP contribution in [0.4, 0.5) is 0 Å². The molecular formula is C19H27N5O2. The van der Waals surface area contributed by atoms with Crippen molar-refractivity contribution in [2.24, 2.45) is 5.92 Å². The first-order valence-electron chi connectivity index (χ1n) is 9.25. The highest BCUT2D eigenvalue weighted by Gasteiger charge is 2.18. The lowest BCUT2D eigenvalue weighted by Crippen LogP contribution is -2.30. The highest BCUT2D eigenvalue weighted by Crippen LogP contribution is 2.17. The molecule has 0 spiro atoms. The summed E-state index contributed by atoms with van der Waals surface area (Å²) in [5.41, 5.74) is 1.53. The first kappa shape index (κ1) is 18.5. The molecule has 26 heavy (non-hydrogen) atoms. The molecule has 1 fully saturated rings. The number of nitrogens with zero attached hydrogens (tertiary/aromatic N) is 3. The number of amides is 1. The van der Waals surface area contributed by atoms with Crippen molar-refractivity contribution in [3.8, 4) is 0 Å². The molecule has 140 valence electrons. The van der Waals surface area contributed by atoms with Crippen LogP contribution >= 0.6 is 0 Å². The van der Waals surface area contributed by atoms with Crippen LogP contribution in [-0.2, 0) is 11.3 Å². The van der Waals surface area contributed by atoms with Gasteiger partial charge in [0.15, 0.2) is 5.69 Å².